The maximum Gasteiger partial charge on any atom is 0.129 e. The van der Waals surface area contributed by atoms with Crippen LogP contribution in [-0.4, -0.2) is 39.8 Å². The molecule has 6 nitrogen and oxygen atoms in total. The van der Waals surface area contributed by atoms with Gasteiger partial charge in [0.2, 0.25) is 0 Å². The fraction of sp³-hybridized carbons (Fsp3) is 0.263. The Hall–Kier alpha value is -2.41. The molecule has 1 atom stereocenters. The summed E-state index contributed by atoms with van der Waals surface area (Å²) in [7, 11) is 0. The van der Waals surface area contributed by atoms with Crippen LogP contribution in [0.3, 0.4) is 0 Å². The predicted molar refractivity (Wildman–Crippen MR) is 101 cm³/mol. The second-order valence-electron chi connectivity index (χ2n) is 5.89. The van der Waals surface area contributed by atoms with Crippen molar-refractivity contribution in [3.05, 3.63) is 65.3 Å². The first-order valence-electron chi connectivity index (χ1n) is 8.37. The summed E-state index contributed by atoms with van der Waals surface area (Å²) in [5.41, 5.74) is 2.78. The zero-order chi connectivity index (χ0) is 18.4. The summed E-state index contributed by atoms with van der Waals surface area (Å²) >= 11 is 5.74. The summed E-state index contributed by atoms with van der Waals surface area (Å²) in [6, 6.07) is 11.3. The number of aliphatic hydroxyl groups is 1. The minimum atomic E-state index is -0.628. The third-order valence-corrected chi connectivity index (χ3v) is 4.11. The van der Waals surface area contributed by atoms with Crippen molar-refractivity contribution < 1.29 is 9.84 Å². The number of hydrogen-bond donors (Lipinski definition) is 3. The largest absolute Gasteiger partial charge is 0.492 e. The summed E-state index contributed by atoms with van der Waals surface area (Å²) in [6.45, 7) is 3.48. The van der Waals surface area contributed by atoms with E-state index in [1.165, 1.54) is 0 Å². The number of aryl methyl sites for hydroxylation is 1. The zero-order valence-corrected chi connectivity index (χ0v) is 15.2. The smallest absolute Gasteiger partial charge is 0.129 e. The van der Waals surface area contributed by atoms with Gasteiger partial charge in [-0.25, -0.2) is 9.97 Å². The number of pyridine rings is 1. The lowest BCUT2D eigenvalue weighted by Gasteiger charge is -2.12. The van der Waals surface area contributed by atoms with Crippen LogP contribution in [0.25, 0.3) is 11.3 Å². The Morgan fingerprint density at radius 3 is 2.62 bits per heavy atom. The van der Waals surface area contributed by atoms with Crippen molar-refractivity contribution in [1.29, 1.82) is 0 Å². The molecule has 0 unspecified atom stereocenters. The molecule has 3 aromatic rings. The summed E-state index contributed by atoms with van der Waals surface area (Å²) in [5, 5.41) is 13.6. The normalized spacial score (nSPS) is 12.1. The fourth-order valence-electron chi connectivity index (χ4n) is 2.48. The van der Waals surface area contributed by atoms with Gasteiger partial charge in [0.25, 0.3) is 0 Å². The molecule has 0 saturated heterocycles. The van der Waals surface area contributed by atoms with Crippen molar-refractivity contribution in [2.75, 3.05) is 19.7 Å². The Kier molecular flexibility index (Phi) is 6.22. The minimum absolute atomic E-state index is 0.413. The number of aromatic nitrogens is 3. The molecule has 136 valence electrons. The molecule has 7 heteroatoms. The summed E-state index contributed by atoms with van der Waals surface area (Å²) in [5.74, 6) is 1.69. The number of aliphatic hydroxyl groups excluding tert-OH is 1. The molecular weight excluding hydrogens is 352 g/mol. The minimum Gasteiger partial charge on any atom is -0.492 e. The van der Waals surface area contributed by atoms with Crippen molar-refractivity contribution in [3.8, 4) is 17.0 Å². The molecule has 0 aliphatic rings. The van der Waals surface area contributed by atoms with Crippen LogP contribution in [0.2, 0.25) is 5.15 Å². The van der Waals surface area contributed by atoms with Gasteiger partial charge in [-0.15, -0.1) is 0 Å². The van der Waals surface area contributed by atoms with Gasteiger partial charge >= 0.3 is 0 Å². The van der Waals surface area contributed by atoms with Gasteiger partial charge in [-0.3, -0.25) is 0 Å². The van der Waals surface area contributed by atoms with Gasteiger partial charge in [0.05, 0.1) is 18.0 Å². The van der Waals surface area contributed by atoms with Gasteiger partial charge in [0.15, 0.2) is 0 Å². The zero-order valence-electron chi connectivity index (χ0n) is 14.4. The Morgan fingerprint density at radius 1 is 1.15 bits per heavy atom. The van der Waals surface area contributed by atoms with Gasteiger partial charge in [-0.2, -0.15) is 0 Å². The summed E-state index contributed by atoms with van der Waals surface area (Å²) in [6.07, 6.45) is 2.77. The molecule has 0 spiro atoms. The van der Waals surface area contributed by atoms with Crippen LogP contribution in [0.5, 0.6) is 5.75 Å². The van der Waals surface area contributed by atoms with E-state index in [9.17, 15) is 5.11 Å². The molecule has 2 heterocycles. The van der Waals surface area contributed by atoms with Gasteiger partial charge in [-0.1, -0.05) is 17.7 Å². The second-order valence-corrected chi connectivity index (χ2v) is 6.28. The highest BCUT2D eigenvalue weighted by Crippen LogP contribution is 2.20. The highest BCUT2D eigenvalue weighted by atomic mass is 35.5. The molecule has 2 aromatic heterocycles. The van der Waals surface area contributed by atoms with E-state index in [4.69, 9.17) is 16.3 Å². The Labute approximate surface area is 157 Å². The number of nitrogens with one attached hydrogen (secondary N) is 2. The molecule has 0 amide bonds. The molecule has 1 aromatic carbocycles. The molecule has 26 heavy (non-hydrogen) atoms. The molecule has 3 rings (SSSR count). The average Bonchev–Trinajstić information content (AvgIpc) is 3.09. The van der Waals surface area contributed by atoms with E-state index in [0.717, 1.165) is 28.4 Å². The van der Waals surface area contributed by atoms with Gasteiger partial charge in [-0.05, 0) is 42.8 Å². The number of H-pyrrole nitrogens is 1. The Bertz CT molecular complexity index is 818. The van der Waals surface area contributed by atoms with Crippen LogP contribution in [0.15, 0.2) is 48.8 Å². The molecule has 0 bridgehead atoms. The average molecular weight is 373 g/mol. The van der Waals surface area contributed by atoms with Crippen molar-refractivity contribution in [2.45, 2.75) is 13.0 Å². The maximum absolute atomic E-state index is 10.1. The predicted octanol–water partition coefficient (Wildman–Crippen LogP) is 3.14. The van der Waals surface area contributed by atoms with E-state index in [0.29, 0.717) is 24.8 Å². The van der Waals surface area contributed by atoms with Gasteiger partial charge in [0.1, 0.15) is 23.3 Å². The van der Waals surface area contributed by atoms with Gasteiger partial charge < -0.3 is 20.1 Å². The van der Waals surface area contributed by atoms with E-state index in [2.05, 4.69) is 20.3 Å². The van der Waals surface area contributed by atoms with Crippen molar-refractivity contribution in [2.24, 2.45) is 0 Å². The topological polar surface area (TPSA) is 83.1 Å². The SMILES string of the molecule is Cc1ncc(-c2ccc(OCCNC[C@H](O)c3ccc(Cl)nc3)cc2)[nH]1. The lowest BCUT2D eigenvalue weighted by atomic mass is 10.1. The van der Waals surface area contributed by atoms with Crippen molar-refractivity contribution >= 4 is 11.6 Å². The molecule has 0 fully saturated rings. The first-order valence-corrected chi connectivity index (χ1v) is 8.74. The molecule has 0 saturated carbocycles. The number of imidazole rings is 1. The van der Waals surface area contributed by atoms with Crippen LogP contribution >= 0.6 is 11.6 Å². The lowest BCUT2D eigenvalue weighted by molar-refractivity contribution is 0.171. The van der Waals surface area contributed by atoms with E-state index < -0.39 is 6.10 Å². The molecule has 3 N–H and O–H groups in total. The molecule has 0 radical (unpaired) electrons. The molecular formula is C19H21ClN4O2. The number of nitrogens with zero attached hydrogens (tertiary/aromatic N) is 2. The van der Waals surface area contributed by atoms with Crippen LogP contribution < -0.4 is 10.1 Å². The Balaban J connectivity index is 1.39. The second kappa shape index (κ2) is 8.80. The lowest BCUT2D eigenvalue weighted by Crippen LogP contribution is -2.26. The number of halogens is 1. The Morgan fingerprint density at radius 2 is 1.96 bits per heavy atom. The number of rotatable bonds is 8. The number of ether oxygens (including phenoxy) is 1. The van der Waals surface area contributed by atoms with Crippen LogP contribution in [0.4, 0.5) is 0 Å². The maximum atomic E-state index is 10.1. The number of benzene rings is 1. The molecule has 0 aliphatic carbocycles. The third-order valence-electron chi connectivity index (χ3n) is 3.89. The quantitative estimate of drug-likeness (QED) is 0.418. The summed E-state index contributed by atoms with van der Waals surface area (Å²) < 4.78 is 5.71. The summed E-state index contributed by atoms with van der Waals surface area (Å²) in [4.78, 5) is 11.4. The van der Waals surface area contributed by atoms with Gasteiger partial charge in [0, 0.05) is 24.8 Å². The van der Waals surface area contributed by atoms with Crippen molar-refractivity contribution in [3.63, 3.8) is 0 Å². The highest BCUT2D eigenvalue weighted by molar-refractivity contribution is 6.29. The fourth-order valence-corrected chi connectivity index (χ4v) is 2.59. The standard InChI is InChI=1S/C19H21ClN4O2/c1-13-22-11-17(24-13)14-2-5-16(6-3-14)26-9-8-21-12-18(25)15-4-7-19(20)23-10-15/h2-7,10-11,18,21,25H,8-9,12H2,1H3,(H,22,24)/t18-/m0/s1. The number of aromatic amines is 1. The van der Waals surface area contributed by atoms with Crippen LogP contribution in [0, 0.1) is 6.92 Å². The monoisotopic (exact) mass is 372 g/mol. The van der Waals surface area contributed by atoms with E-state index >= 15 is 0 Å². The van der Waals surface area contributed by atoms with E-state index in [1.54, 1.807) is 18.3 Å². The van der Waals surface area contributed by atoms with E-state index in [-0.39, 0.29) is 0 Å². The molecule has 0 aliphatic heterocycles. The van der Waals surface area contributed by atoms with Crippen molar-refractivity contribution in [1.82, 2.24) is 20.3 Å². The first kappa shape index (κ1) is 18.4. The first-order chi connectivity index (χ1) is 12.6. The van der Waals surface area contributed by atoms with Crippen LogP contribution in [0.1, 0.15) is 17.5 Å². The van der Waals surface area contributed by atoms with Crippen LogP contribution in [-0.2, 0) is 0 Å². The third kappa shape index (κ3) is 5.05. The number of hydrogen-bond acceptors (Lipinski definition) is 5. The van der Waals surface area contributed by atoms with E-state index in [1.807, 2.05) is 37.4 Å². The highest BCUT2D eigenvalue weighted by Gasteiger charge is 2.07.